The minimum Gasteiger partial charge on any atom is -0.508 e. The number of benzene rings is 1. The van der Waals surface area contributed by atoms with Gasteiger partial charge in [0.15, 0.2) is 0 Å². The van der Waals surface area contributed by atoms with Crippen LogP contribution in [0.15, 0.2) is 30.3 Å². The Labute approximate surface area is 118 Å². The standard InChI is InChI=1S/C15H19NO4/c1-15(2,3)16(10-14(19)20)13(18)9-6-11-4-7-12(17)8-5-11/h4-9,17H,10H2,1-3H3,(H,19,20). The lowest BCUT2D eigenvalue weighted by Crippen LogP contribution is -2.47. The van der Waals surface area contributed by atoms with Gasteiger partial charge in [-0.15, -0.1) is 0 Å². The predicted molar refractivity (Wildman–Crippen MR) is 76.2 cm³/mol. The molecule has 108 valence electrons. The van der Waals surface area contributed by atoms with Crippen molar-refractivity contribution in [1.29, 1.82) is 0 Å². The highest BCUT2D eigenvalue weighted by Crippen LogP contribution is 2.15. The number of rotatable bonds is 4. The number of amides is 1. The summed E-state index contributed by atoms with van der Waals surface area (Å²) in [7, 11) is 0. The Kier molecular flexibility index (Phi) is 4.91. The third-order valence-electron chi connectivity index (χ3n) is 2.68. The van der Waals surface area contributed by atoms with Crippen molar-refractivity contribution in [3.63, 3.8) is 0 Å². The molecule has 0 atom stereocenters. The number of nitrogens with zero attached hydrogens (tertiary/aromatic N) is 1. The van der Waals surface area contributed by atoms with E-state index in [1.54, 1.807) is 39.0 Å². The van der Waals surface area contributed by atoms with Crippen LogP contribution in [0.2, 0.25) is 0 Å². The maximum Gasteiger partial charge on any atom is 0.323 e. The molecule has 1 aromatic rings. The molecule has 0 radical (unpaired) electrons. The summed E-state index contributed by atoms with van der Waals surface area (Å²) in [5, 5.41) is 18.0. The highest BCUT2D eigenvalue weighted by atomic mass is 16.4. The average molecular weight is 277 g/mol. The van der Waals surface area contributed by atoms with Crippen LogP contribution in [-0.4, -0.2) is 39.1 Å². The van der Waals surface area contributed by atoms with E-state index in [-0.39, 0.29) is 18.2 Å². The lowest BCUT2D eigenvalue weighted by Gasteiger charge is -2.33. The Bertz CT molecular complexity index is 512. The summed E-state index contributed by atoms with van der Waals surface area (Å²) >= 11 is 0. The van der Waals surface area contributed by atoms with Gasteiger partial charge in [-0.2, -0.15) is 0 Å². The first-order valence-electron chi connectivity index (χ1n) is 6.20. The summed E-state index contributed by atoms with van der Waals surface area (Å²) in [5.74, 6) is -1.27. The minimum atomic E-state index is -1.05. The first kappa shape index (κ1) is 15.8. The topological polar surface area (TPSA) is 77.8 Å². The second-order valence-corrected chi connectivity index (χ2v) is 5.41. The maximum atomic E-state index is 12.1. The summed E-state index contributed by atoms with van der Waals surface area (Å²) < 4.78 is 0. The number of carboxylic acid groups (broad SMARTS) is 1. The summed E-state index contributed by atoms with van der Waals surface area (Å²) in [6, 6.07) is 6.36. The summed E-state index contributed by atoms with van der Waals surface area (Å²) in [6.45, 7) is 4.99. The van der Waals surface area contributed by atoms with Crippen LogP contribution >= 0.6 is 0 Å². The second-order valence-electron chi connectivity index (χ2n) is 5.41. The van der Waals surface area contributed by atoms with Crippen molar-refractivity contribution >= 4 is 18.0 Å². The Hall–Kier alpha value is -2.30. The lowest BCUT2D eigenvalue weighted by atomic mass is 10.1. The molecule has 0 spiro atoms. The van der Waals surface area contributed by atoms with E-state index in [2.05, 4.69) is 0 Å². The van der Waals surface area contributed by atoms with Crippen LogP contribution in [0.4, 0.5) is 0 Å². The smallest absolute Gasteiger partial charge is 0.323 e. The van der Waals surface area contributed by atoms with Crippen LogP contribution in [0.3, 0.4) is 0 Å². The highest BCUT2D eigenvalue weighted by Gasteiger charge is 2.26. The molecule has 5 nitrogen and oxygen atoms in total. The number of hydrogen-bond acceptors (Lipinski definition) is 3. The second kappa shape index (κ2) is 6.23. The number of phenolic OH excluding ortho intramolecular Hbond substituents is 1. The van der Waals surface area contributed by atoms with Gasteiger partial charge in [0, 0.05) is 11.6 Å². The molecule has 1 amide bonds. The van der Waals surface area contributed by atoms with E-state index in [4.69, 9.17) is 10.2 Å². The summed E-state index contributed by atoms with van der Waals surface area (Å²) in [6.07, 6.45) is 2.92. The van der Waals surface area contributed by atoms with E-state index in [9.17, 15) is 9.59 Å². The van der Waals surface area contributed by atoms with Crippen molar-refractivity contribution in [2.75, 3.05) is 6.54 Å². The molecule has 0 aliphatic carbocycles. The Morgan fingerprint density at radius 1 is 1.20 bits per heavy atom. The van der Waals surface area contributed by atoms with Crippen LogP contribution in [0.5, 0.6) is 5.75 Å². The Balaban J connectivity index is 2.85. The number of phenols is 1. The van der Waals surface area contributed by atoms with Crippen LogP contribution < -0.4 is 0 Å². The van der Waals surface area contributed by atoms with Gasteiger partial charge in [0.25, 0.3) is 0 Å². The van der Waals surface area contributed by atoms with Gasteiger partial charge >= 0.3 is 5.97 Å². The van der Waals surface area contributed by atoms with Crippen LogP contribution in [0.25, 0.3) is 6.08 Å². The molecule has 20 heavy (non-hydrogen) atoms. The molecule has 0 bridgehead atoms. The number of carbonyl (C=O) groups excluding carboxylic acids is 1. The molecule has 0 fully saturated rings. The molecule has 0 aromatic heterocycles. The van der Waals surface area contributed by atoms with Crippen LogP contribution in [0.1, 0.15) is 26.3 Å². The van der Waals surface area contributed by atoms with Crippen molar-refractivity contribution in [2.24, 2.45) is 0 Å². The number of hydrogen-bond donors (Lipinski definition) is 2. The van der Waals surface area contributed by atoms with Gasteiger partial charge in [0.05, 0.1) is 0 Å². The largest absolute Gasteiger partial charge is 0.508 e. The van der Waals surface area contributed by atoms with E-state index in [1.165, 1.54) is 23.1 Å². The molecule has 0 saturated heterocycles. The van der Waals surface area contributed by atoms with Gasteiger partial charge in [0.2, 0.25) is 5.91 Å². The average Bonchev–Trinajstić information content (AvgIpc) is 2.33. The molecule has 1 rings (SSSR count). The quantitative estimate of drug-likeness (QED) is 0.826. The van der Waals surface area contributed by atoms with E-state index < -0.39 is 11.5 Å². The molecular formula is C15H19NO4. The van der Waals surface area contributed by atoms with Crippen molar-refractivity contribution in [3.05, 3.63) is 35.9 Å². The molecule has 5 heteroatoms. The maximum absolute atomic E-state index is 12.1. The number of carbonyl (C=O) groups is 2. The van der Waals surface area contributed by atoms with Gasteiger partial charge in [0.1, 0.15) is 12.3 Å². The molecule has 0 unspecified atom stereocenters. The molecule has 0 aliphatic rings. The normalized spacial score (nSPS) is 11.6. The van der Waals surface area contributed by atoms with E-state index in [1.807, 2.05) is 0 Å². The molecule has 2 N–H and O–H groups in total. The summed E-state index contributed by atoms with van der Waals surface area (Å²) in [4.78, 5) is 24.2. The van der Waals surface area contributed by atoms with Gasteiger partial charge in [-0.1, -0.05) is 12.1 Å². The zero-order valence-electron chi connectivity index (χ0n) is 11.8. The van der Waals surface area contributed by atoms with E-state index in [0.29, 0.717) is 0 Å². The van der Waals surface area contributed by atoms with E-state index in [0.717, 1.165) is 5.56 Å². The SMILES string of the molecule is CC(C)(C)N(CC(=O)O)C(=O)C=Cc1ccc(O)cc1. The molecule has 1 aromatic carbocycles. The predicted octanol–water partition coefficient (Wildman–Crippen LogP) is 2.12. The molecule has 0 saturated carbocycles. The minimum absolute atomic E-state index is 0.149. The molecule has 0 aliphatic heterocycles. The fourth-order valence-electron chi connectivity index (χ4n) is 1.62. The summed E-state index contributed by atoms with van der Waals surface area (Å²) in [5.41, 5.74) is 0.176. The Morgan fingerprint density at radius 3 is 2.20 bits per heavy atom. The number of aliphatic carboxylic acids is 1. The van der Waals surface area contributed by atoms with Crippen molar-refractivity contribution in [1.82, 2.24) is 4.90 Å². The van der Waals surface area contributed by atoms with Crippen LogP contribution in [0, 0.1) is 0 Å². The van der Waals surface area contributed by atoms with Crippen molar-refractivity contribution in [3.8, 4) is 5.75 Å². The van der Waals surface area contributed by atoms with Gasteiger partial charge < -0.3 is 15.1 Å². The highest BCUT2D eigenvalue weighted by molar-refractivity contribution is 5.94. The number of aromatic hydroxyl groups is 1. The fraction of sp³-hybridized carbons (Fsp3) is 0.333. The van der Waals surface area contributed by atoms with Crippen LogP contribution in [-0.2, 0) is 9.59 Å². The van der Waals surface area contributed by atoms with Crippen molar-refractivity contribution < 1.29 is 19.8 Å². The lowest BCUT2D eigenvalue weighted by molar-refractivity contribution is -0.145. The number of carboxylic acids is 1. The molecular weight excluding hydrogens is 258 g/mol. The third kappa shape index (κ3) is 4.76. The monoisotopic (exact) mass is 277 g/mol. The molecule has 0 heterocycles. The zero-order valence-corrected chi connectivity index (χ0v) is 11.8. The first-order valence-corrected chi connectivity index (χ1v) is 6.20. The Morgan fingerprint density at radius 2 is 1.75 bits per heavy atom. The first-order chi connectivity index (χ1) is 9.20. The van der Waals surface area contributed by atoms with Gasteiger partial charge in [-0.05, 0) is 44.5 Å². The van der Waals surface area contributed by atoms with E-state index >= 15 is 0 Å². The van der Waals surface area contributed by atoms with Gasteiger partial charge in [-0.3, -0.25) is 9.59 Å². The van der Waals surface area contributed by atoms with Gasteiger partial charge in [-0.25, -0.2) is 0 Å². The fourth-order valence-corrected chi connectivity index (χ4v) is 1.62. The third-order valence-corrected chi connectivity index (χ3v) is 2.68. The van der Waals surface area contributed by atoms with Crippen molar-refractivity contribution in [2.45, 2.75) is 26.3 Å². The zero-order chi connectivity index (χ0) is 15.3.